The topological polar surface area (TPSA) is 81.9 Å². The molecule has 0 bridgehead atoms. The van der Waals surface area contributed by atoms with Crippen molar-refractivity contribution >= 4 is 12.0 Å². The molecule has 1 atom stereocenters. The van der Waals surface area contributed by atoms with Crippen molar-refractivity contribution in [2.75, 3.05) is 14.2 Å². The van der Waals surface area contributed by atoms with Crippen molar-refractivity contribution in [2.24, 2.45) is 5.73 Å². The second-order valence-electron chi connectivity index (χ2n) is 4.78. The van der Waals surface area contributed by atoms with E-state index in [1.165, 1.54) is 14.2 Å². The smallest absolute Gasteiger partial charge is 0.405 e. The molecule has 1 aromatic rings. The third-order valence-corrected chi connectivity index (χ3v) is 2.92. The van der Waals surface area contributed by atoms with Crippen LogP contribution in [0.15, 0.2) is 30.3 Å². The summed E-state index contributed by atoms with van der Waals surface area (Å²) in [5.74, 6) is -0.299. The molecule has 0 saturated carbocycles. The number of primary amides is 1. The molecule has 0 aliphatic rings. The zero-order valence-corrected chi connectivity index (χ0v) is 12.0. The minimum atomic E-state index is -1.02. The lowest BCUT2D eigenvalue weighted by atomic mass is 9.92. The Hall–Kier alpha value is -2.08. The van der Waals surface area contributed by atoms with E-state index in [0.717, 1.165) is 10.6 Å². The number of benzene rings is 1. The van der Waals surface area contributed by atoms with E-state index in [1.807, 2.05) is 30.3 Å². The maximum Gasteiger partial charge on any atom is 0.405 e. The molecule has 0 spiro atoms. The van der Waals surface area contributed by atoms with Crippen LogP contribution in [-0.4, -0.2) is 36.8 Å². The number of hydroxylamine groups is 2. The normalized spacial score (nSPS) is 13.3. The second-order valence-corrected chi connectivity index (χ2v) is 4.78. The van der Waals surface area contributed by atoms with Crippen molar-refractivity contribution in [3.8, 4) is 0 Å². The van der Waals surface area contributed by atoms with Gasteiger partial charge in [-0.15, -0.1) is 0 Å². The summed E-state index contributed by atoms with van der Waals surface area (Å²) in [6.07, 6.45) is -0.536. The quantitative estimate of drug-likeness (QED) is 0.800. The number of ether oxygens (including phenoxy) is 1. The molecule has 2 amide bonds. The summed E-state index contributed by atoms with van der Waals surface area (Å²) < 4.78 is 5.14. The zero-order chi connectivity index (χ0) is 15.2. The Morgan fingerprint density at radius 3 is 2.40 bits per heavy atom. The number of amides is 2. The highest BCUT2D eigenvalue weighted by molar-refractivity contribution is 5.76. The van der Waals surface area contributed by atoms with Crippen LogP contribution in [0.3, 0.4) is 0 Å². The predicted octanol–water partition coefficient (Wildman–Crippen LogP) is 1.49. The van der Waals surface area contributed by atoms with Gasteiger partial charge in [0.2, 0.25) is 5.91 Å². The van der Waals surface area contributed by atoms with Gasteiger partial charge in [0.05, 0.1) is 13.5 Å². The highest BCUT2D eigenvalue weighted by Crippen LogP contribution is 2.22. The molecule has 0 aliphatic carbocycles. The largest absolute Gasteiger partial charge is 0.442 e. The molecule has 0 aliphatic heterocycles. The van der Waals surface area contributed by atoms with E-state index in [-0.39, 0.29) is 12.3 Å². The zero-order valence-electron chi connectivity index (χ0n) is 12.0. The number of hydrogen-bond acceptors (Lipinski definition) is 4. The van der Waals surface area contributed by atoms with Crippen molar-refractivity contribution in [2.45, 2.75) is 25.4 Å². The molecule has 6 heteroatoms. The fraction of sp³-hybridized carbons (Fsp3) is 0.429. The maximum atomic E-state index is 11.9. The standard InChI is InChI=1S/C14H20N2O4/c1-14(20-13(15)18,10-12(17)16(2)19-3)9-11-7-5-4-6-8-11/h4-8H,9-10H2,1-3H3,(H2,15,18). The minimum Gasteiger partial charge on any atom is -0.442 e. The van der Waals surface area contributed by atoms with Gasteiger partial charge in [-0.05, 0) is 12.5 Å². The first-order valence-electron chi connectivity index (χ1n) is 6.19. The van der Waals surface area contributed by atoms with Gasteiger partial charge in [-0.25, -0.2) is 9.86 Å². The highest BCUT2D eigenvalue weighted by Gasteiger charge is 2.33. The van der Waals surface area contributed by atoms with E-state index in [4.69, 9.17) is 15.3 Å². The lowest BCUT2D eigenvalue weighted by Gasteiger charge is -2.29. The van der Waals surface area contributed by atoms with E-state index < -0.39 is 11.7 Å². The van der Waals surface area contributed by atoms with Crippen molar-refractivity contribution in [3.63, 3.8) is 0 Å². The van der Waals surface area contributed by atoms with Crippen molar-refractivity contribution in [1.82, 2.24) is 5.06 Å². The van der Waals surface area contributed by atoms with Gasteiger partial charge in [-0.1, -0.05) is 30.3 Å². The SMILES string of the molecule is CON(C)C(=O)CC(C)(Cc1ccccc1)OC(N)=O. The van der Waals surface area contributed by atoms with Gasteiger partial charge in [0, 0.05) is 13.5 Å². The van der Waals surface area contributed by atoms with Crippen LogP contribution < -0.4 is 5.73 Å². The first-order valence-corrected chi connectivity index (χ1v) is 6.19. The fourth-order valence-corrected chi connectivity index (χ4v) is 1.94. The van der Waals surface area contributed by atoms with Crippen LogP contribution in [0.5, 0.6) is 0 Å². The Kier molecular flexibility index (Phi) is 5.52. The first kappa shape index (κ1) is 16.0. The molecule has 2 N–H and O–H groups in total. The Morgan fingerprint density at radius 1 is 1.30 bits per heavy atom. The first-order chi connectivity index (χ1) is 9.36. The summed E-state index contributed by atoms with van der Waals surface area (Å²) in [5, 5.41) is 1.09. The number of rotatable bonds is 6. The predicted molar refractivity (Wildman–Crippen MR) is 73.6 cm³/mol. The third kappa shape index (κ3) is 4.89. The number of carbonyl (C=O) groups excluding carboxylic acids is 2. The van der Waals surface area contributed by atoms with Gasteiger partial charge in [0.25, 0.3) is 0 Å². The summed E-state index contributed by atoms with van der Waals surface area (Å²) in [4.78, 5) is 27.8. The fourth-order valence-electron chi connectivity index (χ4n) is 1.94. The Labute approximate surface area is 118 Å². The summed E-state index contributed by atoms with van der Waals surface area (Å²) >= 11 is 0. The Balaban J connectivity index is 2.86. The van der Waals surface area contributed by atoms with Gasteiger partial charge in [0.15, 0.2) is 0 Å². The molecule has 0 heterocycles. The summed E-state index contributed by atoms with van der Waals surface area (Å²) in [7, 11) is 2.89. The average Bonchev–Trinajstić information content (AvgIpc) is 2.37. The van der Waals surface area contributed by atoms with Crippen LogP contribution in [0.25, 0.3) is 0 Å². The second kappa shape index (κ2) is 6.91. The minimum absolute atomic E-state index is 0.0187. The number of hydrogen-bond donors (Lipinski definition) is 1. The molecule has 6 nitrogen and oxygen atoms in total. The third-order valence-electron chi connectivity index (χ3n) is 2.92. The number of nitrogens with zero attached hydrogens (tertiary/aromatic N) is 1. The van der Waals surface area contributed by atoms with Crippen molar-refractivity contribution < 1.29 is 19.2 Å². The molecule has 1 aromatic carbocycles. The van der Waals surface area contributed by atoms with Gasteiger partial charge in [-0.3, -0.25) is 9.63 Å². The molecular formula is C14H20N2O4. The Morgan fingerprint density at radius 2 is 1.90 bits per heavy atom. The van der Waals surface area contributed by atoms with Crippen LogP contribution in [-0.2, 0) is 20.8 Å². The molecule has 20 heavy (non-hydrogen) atoms. The van der Waals surface area contributed by atoms with Gasteiger partial charge < -0.3 is 10.5 Å². The van der Waals surface area contributed by atoms with Crippen LogP contribution in [0.2, 0.25) is 0 Å². The maximum absolute atomic E-state index is 11.9. The Bertz CT molecular complexity index is 464. The summed E-state index contributed by atoms with van der Waals surface area (Å²) in [6.45, 7) is 1.67. The van der Waals surface area contributed by atoms with Gasteiger partial charge >= 0.3 is 6.09 Å². The average molecular weight is 280 g/mol. The molecule has 1 unspecified atom stereocenters. The van der Waals surface area contributed by atoms with Crippen LogP contribution in [0, 0.1) is 0 Å². The lowest BCUT2D eigenvalue weighted by Crippen LogP contribution is -2.41. The van der Waals surface area contributed by atoms with E-state index >= 15 is 0 Å². The lowest BCUT2D eigenvalue weighted by molar-refractivity contribution is -0.172. The molecule has 1 rings (SSSR count). The monoisotopic (exact) mass is 280 g/mol. The summed E-state index contributed by atoms with van der Waals surface area (Å²) in [6, 6.07) is 9.44. The van der Waals surface area contributed by atoms with Gasteiger partial charge in [-0.2, -0.15) is 0 Å². The van der Waals surface area contributed by atoms with E-state index in [9.17, 15) is 9.59 Å². The van der Waals surface area contributed by atoms with Gasteiger partial charge in [0.1, 0.15) is 5.60 Å². The van der Waals surface area contributed by atoms with E-state index in [2.05, 4.69) is 0 Å². The molecule has 0 radical (unpaired) electrons. The van der Waals surface area contributed by atoms with Crippen LogP contribution >= 0.6 is 0 Å². The molecule has 110 valence electrons. The summed E-state index contributed by atoms with van der Waals surface area (Å²) in [5.41, 5.74) is 5.03. The molecule has 0 saturated heterocycles. The number of nitrogens with two attached hydrogens (primary N) is 1. The molecule has 0 aromatic heterocycles. The van der Waals surface area contributed by atoms with Crippen molar-refractivity contribution in [3.05, 3.63) is 35.9 Å². The molecule has 0 fully saturated rings. The van der Waals surface area contributed by atoms with Crippen LogP contribution in [0.4, 0.5) is 4.79 Å². The van der Waals surface area contributed by atoms with Crippen LogP contribution in [0.1, 0.15) is 18.9 Å². The van der Waals surface area contributed by atoms with E-state index in [1.54, 1.807) is 6.92 Å². The van der Waals surface area contributed by atoms with E-state index in [0.29, 0.717) is 6.42 Å². The highest BCUT2D eigenvalue weighted by atomic mass is 16.7. The number of carbonyl (C=O) groups is 2. The van der Waals surface area contributed by atoms with Crippen molar-refractivity contribution in [1.29, 1.82) is 0 Å². The molecular weight excluding hydrogens is 260 g/mol.